The molecule has 0 unspecified atom stereocenters. The highest BCUT2D eigenvalue weighted by atomic mass is 14.9. The fourth-order valence-corrected chi connectivity index (χ4v) is 4.34. The summed E-state index contributed by atoms with van der Waals surface area (Å²) in [4.78, 5) is 0. The monoisotopic (exact) mass is 343 g/mol. The highest BCUT2D eigenvalue weighted by Crippen LogP contribution is 2.34. The second kappa shape index (κ2) is 11.6. The molecule has 1 N–H and O–H groups in total. The van der Waals surface area contributed by atoms with Crippen molar-refractivity contribution in [2.45, 2.75) is 97.8 Å². The van der Waals surface area contributed by atoms with Crippen LogP contribution in [0.15, 0.2) is 18.2 Å². The van der Waals surface area contributed by atoms with E-state index in [1.165, 1.54) is 93.9 Å². The molecule has 0 bridgehead atoms. The first-order valence-electron chi connectivity index (χ1n) is 11.1. The van der Waals surface area contributed by atoms with E-state index in [9.17, 15) is 0 Å². The van der Waals surface area contributed by atoms with Gasteiger partial charge >= 0.3 is 0 Å². The molecule has 1 aliphatic carbocycles. The lowest BCUT2D eigenvalue weighted by Crippen LogP contribution is -2.15. The fourth-order valence-electron chi connectivity index (χ4n) is 4.34. The highest BCUT2D eigenvalue weighted by molar-refractivity contribution is 5.52. The van der Waals surface area contributed by atoms with Crippen molar-refractivity contribution >= 4 is 5.69 Å². The maximum Gasteiger partial charge on any atom is 0.0370 e. The van der Waals surface area contributed by atoms with Crippen molar-refractivity contribution in [1.82, 2.24) is 0 Å². The molecule has 0 heterocycles. The molecule has 1 heteroatoms. The first kappa shape index (κ1) is 20.3. The van der Waals surface area contributed by atoms with Crippen molar-refractivity contribution in [3.8, 4) is 0 Å². The Morgan fingerprint density at radius 1 is 0.880 bits per heavy atom. The van der Waals surface area contributed by atoms with Gasteiger partial charge in [-0.3, -0.25) is 0 Å². The summed E-state index contributed by atoms with van der Waals surface area (Å²) in [5, 5.41) is 3.57. The molecule has 0 aliphatic heterocycles. The Balaban J connectivity index is 1.68. The van der Waals surface area contributed by atoms with Crippen molar-refractivity contribution in [1.29, 1.82) is 0 Å². The molecule has 1 fully saturated rings. The van der Waals surface area contributed by atoms with Crippen molar-refractivity contribution in [3.63, 3.8) is 0 Å². The van der Waals surface area contributed by atoms with Crippen LogP contribution in [-0.4, -0.2) is 6.54 Å². The van der Waals surface area contributed by atoms with Gasteiger partial charge < -0.3 is 5.32 Å². The van der Waals surface area contributed by atoms with Gasteiger partial charge in [-0.25, -0.2) is 0 Å². The molecule has 0 amide bonds. The van der Waals surface area contributed by atoms with E-state index in [1.54, 1.807) is 0 Å². The Bertz CT molecular complexity index is 471. The van der Waals surface area contributed by atoms with Crippen LogP contribution < -0.4 is 5.32 Å². The van der Waals surface area contributed by atoms with Crippen LogP contribution in [0.25, 0.3) is 0 Å². The average Bonchev–Trinajstić information content (AvgIpc) is 2.63. The van der Waals surface area contributed by atoms with Crippen molar-refractivity contribution in [3.05, 3.63) is 29.3 Å². The van der Waals surface area contributed by atoms with Crippen LogP contribution in [0.4, 0.5) is 5.69 Å². The summed E-state index contributed by atoms with van der Waals surface area (Å²) >= 11 is 0. The predicted molar refractivity (Wildman–Crippen MR) is 112 cm³/mol. The third kappa shape index (κ3) is 7.42. The zero-order chi connectivity index (χ0) is 17.9. The Labute approximate surface area is 157 Å². The summed E-state index contributed by atoms with van der Waals surface area (Å²) < 4.78 is 0. The van der Waals surface area contributed by atoms with Gasteiger partial charge in [0.25, 0.3) is 0 Å². The minimum Gasteiger partial charge on any atom is -0.385 e. The maximum atomic E-state index is 3.57. The molecule has 0 atom stereocenters. The zero-order valence-corrected chi connectivity index (χ0v) is 17.1. The number of aryl methyl sites for hydroxylation is 2. The van der Waals surface area contributed by atoms with E-state index >= 15 is 0 Å². The summed E-state index contributed by atoms with van der Waals surface area (Å²) in [6.07, 6.45) is 16.9. The summed E-state index contributed by atoms with van der Waals surface area (Å²) in [6, 6.07) is 7.05. The van der Waals surface area contributed by atoms with E-state index < -0.39 is 0 Å². The first-order chi connectivity index (χ1) is 12.2. The number of benzene rings is 1. The van der Waals surface area contributed by atoms with Crippen LogP contribution in [0.1, 0.15) is 95.6 Å². The van der Waals surface area contributed by atoms with Crippen LogP contribution in [0, 0.1) is 18.8 Å². The minimum atomic E-state index is 0.977. The molecule has 1 saturated carbocycles. The van der Waals surface area contributed by atoms with E-state index in [1.807, 2.05) is 0 Å². The molecule has 142 valence electrons. The first-order valence-corrected chi connectivity index (χ1v) is 11.1. The normalized spacial score (nSPS) is 20.6. The molecule has 2 rings (SSSR count). The molecule has 1 aromatic rings. The Hall–Kier alpha value is -0.980. The van der Waals surface area contributed by atoms with Crippen molar-refractivity contribution < 1.29 is 0 Å². The van der Waals surface area contributed by atoms with Crippen LogP contribution in [0.2, 0.25) is 0 Å². The van der Waals surface area contributed by atoms with Gasteiger partial charge in [0.2, 0.25) is 0 Å². The summed E-state index contributed by atoms with van der Waals surface area (Å²) in [6.45, 7) is 7.90. The Kier molecular flexibility index (Phi) is 9.43. The highest BCUT2D eigenvalue weighted by Gasteiger charge is 2.20. The van der Waals surface area contributed by atoms with Gasteiger partial charge in [0.1, 0.15) is 0 Å². The number of hydrogen-bond acceptors (Lipinski definition) is 1. The average molecular weight is 344 g/mol. The van der Waals surface area contributed by atoms with Crippen LogP contribution >= 0.6 is 0 Å². The predicted octanol–water partition coefficient (Wildman–Crippen LogP) is 7.53. The van der Waals surface area contributed by atoms with Crippen LogP contribution in [-0.2, 0) is 6.42 Å². The quantitative estimate of drug-likeness (QED) is 0.409. The number of nitrogens with one attached hydrogen (secondary N) is 1. The van der Waals surface area contributed by atoms with Crippen LogP contribution in [0.5, 0.6) is 0 Å². The minimum absolute atomic E-state index is 0.977. The second-order valence-corrected chi connectivity index (χ2v) is 8.35. The topological polar surface area (TPSA) is 12.0 Å². The number of anilines is 1. The molecule has 0 spiro atoms. The van der Waals surface area contributed by atoms with Gasteiger partial charge in [0.15, 0.2) is 0 Å². The van der Waals surface area contributed by atoms with Gasteiger partial charge in [-0.15, -0.1) is 0 Å². The standard InChI is InChI=1S/C24H41N/c1-4-6-8-9-21-10-12-22(13-11-21)14-15-23-16-17-24(20(3)19-23)25-18-7-5-2/h16-17,19,21-22,25H,4-15,18H2,1-3H3. The third-order valence-corrected chi connectivity index (χ3v) is 6.16. The zero-order valence-electron chi connectivity index (χ0n) is 17.1. The van der Waals surface area contributed by atoms with Crippen molar-refractivity contribution in [2.75, 3.05) is 11.9 Å². The molecular weight excluding hydrogens is 302 g/mol. The largest absolute Gasteiger partial charge is 0.385 e. The third-order valence-electron chi connectivity index (χ3n) is 6.16. The fraction of sp³-hybridized carbons (Fsp3) is 0.750. The van der Waals surface area contributed by atoms with Gasteiger partial charge in [0.05, 0.1) is 0 Å². The summed E-state index contributed by atoms with van der Waals surface area (Å²) in [7, 11) is 0. The SMILES string of the molecule is CCCCCC1CCC(CCc2ccc(NCCCC)c(C)c2)CC1. The van der Waals surface area contributed by atoms with E-state index in [-0.39, 0.29) is 0 Å². The molecule has 25 heavy (non-hydrogen) atoms. The lowest BCUT2D eigenvalue weighted by molar-refractivity contribution is 0.249. The summed E-state index contributed by atoms with van der Waals surface area (Å²) in [5.41, 5.74) is 4.27. The molecular formula is C24H41N. The van der Waals surface area contributed by atoms with E-state index in [0.717, 1.165) is 18.4 Å². The second-order valence-electron chi connectivity index (χ2n) is 8.35. The van der Waals surface area contributed by atoms with E-state index in [2.05, 4.69) is 44.3 Å². The molecule has 0 aromatic heterocycles. The van der Waals surface area contributed by atoms with E-state index in [4.69, 9.17) is 0 Å². The molecule has 1 nitrogen and oxygen atoms in total. The Morgan fingerprint density at radius 3 is 2.20 bits per heavy atom. The maximum absolute atomic E-state index is 3.57. The number of rotatable bonds is 11. The van der Waals surface area contributed by atoms with Gasteiger partial charge in [0, 0.05) is 12.2 Å². The van der Waals surface area contributed by atoms with Gasteiger partial charge in [-0.1, -0.05) is 83.8 Å². The lowest BCUT2D eigenvalue weighted by atomic mass is 9.77. The molecule has 1 aromatic carbocycles. The summed E-state index contributed by atoms with van der Waals surface area (Å²) in [5.74, 6) is 2.02. The van der Waals surface area contributed by atoms with Crippen LogP contribution in [0.3, 0.4) is 0 Å². The van der Waals surface area contributed by atoms with E-state index in [0.29, 0.717) is 0 Å². The number of hydrogen-bond donors (Lipinski definition) is 1. The van der Waals surface area contributed by atoms with Gasteiger partial charge in [-0.2, -0.15) is 0 Å². The number of unbranched alkanes of at least 4 members (excludes halogenated alkanes) is 3. The molecule has 1 aliphatic rings. The lowest BCUT2D eigenvalue weighted by Gasteiger charge is -2.28. The van der Waals surface area contributed by atoms with Gasteiger partial charge in [-0.05, 0) is 55.2 Å². The van der Waals surface area contributed by atoms with Crippen molar-refractivity contribution in [2.24, 2.45) is 11.8 Å². The Morgan fingerprint density at radius 2 is 1.56 bits per heavy atom. The molecule has 0 saturated heterocycles. The molecule has 0 radical (unpaired) electrons. The smallest absolute Gasteiger partial charge is 0.0370 e.